The average molecular weight is 187 g/mol. The highest BCUT2D eigenvalue weighted by molar-refractivity contribution is 5.94. The van der Waals surface area contributed by atoms with Gasteiger partial charge in [0.15, 0.2) is 0 Å². The number of rotatable bonds is 0. The Morgan fingerprint density at radius 2 is 1.86 bits per heavy atom. The summed E-state index contributed by atoms with van der Waals surface area (Å²) in [5.41, 5.74) is 8.50. The van der Waals surface area contributed by atoms with E-state index in [1.165, 1.54) is 0 Å². The number of phenols is 1. The number of hydrogen-bond acceptors (Lipinski definition) is 2. The molecular weight excluding hydrogens is 174 g/mol. The fourth-order valence-corrected chi connectivity index (χ4v) is 1.78. The quantitative estimate of drug-likeness (QED) is 0.623. The van der Waals surface area contributed by atoms with Crippen molar-refractivity contribution in [2.24, 2.45) is 0 Å². The minimum absolute atomic E-state index is 0.310. The number of phenolic OH excluding ortho intramolecular Hbond substituents is 1. The molecule has 0 heterocycles. The zero-order valence-corrected chi connectivity index (χ0v) is 8.33. The van der Waals surface area contributed by atoms with Gasteiger partial charge in [-0.25, -0.2) is 0 Å². The molecule has 2 heteroatoms. The molecule has 14 heavy (non-hydrogen) atoms. The number of anilines is 1. The Kier molecular flexibility index (Phi) is 1.84. The molecule has 3 N–H and O–H groups in total. The molecule has 2 nitrogen and oxygen atoms in total. The molecule has 0 atom stereocenters. The average Bonchev–Trinajstić information content (AvgIpc) is 2.10. The van der Waals surface area contributed by atoms with Crippen LogP contribution in [0, 0.1) is 13.8 Å². The predicted molar refractivity (Wildman–Crippen MR) is 59.5 cm³/mol. The molecule has 0 amide bonds. The first-order chi connectivity index (χ1) is 6.59. The Morgan fingerprint density at radius 3 is 2.57 bits per heavy atom. The third-order valence-corrected chi connectivity index (χ3v) is 2.54. The molecule has 2 rings (SSSR count). The lowest BCUT2D eigenvalue weighted by Gasteiger charge is -2.08. The molecule has 0 aliphatic carbocycles. The molecule has 0 saturated carbocycles. The van der Waals surface area contributed by atoms with Crippen molar-refractivity contribution in [1.82, 2.24) is 0 Å². The van der Waals surface area contributed by atoms with Crippen LogP contribution >= 0.6 is 0 Å². The second-order valence-corrected chi connectivity index (χ2v) is 3.66. The minimum Gasteiger partial charge on any atom is -0.507 e. The van der Waals surface area contributed by atoms with Gasteiger partial charge >= 0.3 is 0 Å². The zero-order chi connectivity index (χ0) is 10.3. The van der Waals surface area contributed by atoms with Gasteiger partial charge < -0.3 is 10.8 Å². The molecule has 0 aromatic heterocycles. The number of nitrogen functional groups attached to an aromatic ring is 1. The summed E-state index contributed by atoms with van der Waals surface area (Å²) in [5, 5.41) is 11.7. The molecule has 2 aromatic carbocycles. The van der Waals surface area contributed by atoms with E-state index in [4.69, 9.17) is 5.73 Å². The van der Waals surface area contributed by atoms with Crippen LogP contribution in [0.2, 0.25) is 0 Å². The van der Waals surface area contributed by atoms with Gasteiger partial charge in [-0.2, -0.15) is 0 Å². The van der Waals surface area contributed by atoms with E-state index < -0.39 is 0 Å². The summed E-state index contributed by atoms with van der Waals surface area (Å²) in [6.07, 6.45) is 0. The van der Waals surface area contributed by atoms with E-state index in [-0.39, 0.29) is 0 Å². The van der Waals surface area contributed by atoms with E-state index in [2.05, 4.69) is 0 Å². The monoisotopic (exact) mass is 187 g/mol. The van der Waals surface area contributed by atoms with Crippen molar-refractivity contribution in [2.45, 2.75) is 13.8 Å². The van der Waals surface area contributed by atoms with Crippen LogP contribution in [0.1, 0.15) is 11.1 Å². The third kappa shape index (κ3) is 1.20. The van der Waals surface area contributed by atoms with Gasteiger partial charge in [0.25, 0.3) is 0 Å². The lowest BCUT2D eigenvalue weighted by Crippen LogP contribution is -1.90. The Morgan fingerprint density at radius 1 is 1.14 bits per heavy atom. The van der Waals surface area contributed by atoms with Gasteiger partial charge in [-0.1, -0.05) is 12.1 Å². The highest BCUT2D eigenvalue weighted by Gasteiger charge is 2.05. The summed E-state index contributed by atoms with van der Waals surface area (Å²) in [5.74, 6) is 0.310. The van der Waals surface area contributed by atoms with E-state index in [9.17, 15) is 5.11 Å². The number of benzene rings is 2. The molecule has 0 unspecified atom stereocenters. The van der Waals surface area contributed by atoms with Gasteiger partial charge in [0.2, 0.25) is 0 Å². The maximum Gasteiger partial charge on any atom is 0.124 e. The summed E-state index contributed by atoms with van der Waals surface area (Å²) in [6, 6.07) is 7.61. The van der Waals surface area contributed by atoms with Gasteiger partial charge in [-0.05, 0) is 42.5 Å². The maximum atomic E-state index is 9.80. The summed E-state index contributed by atoms with van der Waals surface area (Å²) in [6.45, 7) is 3.89. The summed E-state index contributed by atoms with van der Waals surface area (Å²) in [4.78, 5) is 0. The van der Waals surface area contributed by atoms with Crippen LogP contribution in [-0.2, 0) is 0 Å². The van der Waals surface area contributed by atoms with Crippen molar-refractivity contribution < 1.29 is 5.11 Å². The summed E-state index contributed by atoms with van der Waals surface area (Å²) >= 11 is 0. The number of aromatic hydroxyl groups is 1. The van der Waals surface area contributed by atoms with Crippen LogP contribution in [0.5, 0.6) is 5.75 Å². The molecule has 2 aromatic rings. The lowest BCUT2D eigenvalue weighted by molar-refractivity contribution is 0.481. The van der Waals surface area contributed by atoms with Gasteiger partial charge in [-0.15, -0.1) is 0 Å². The first kappa shape index (κ1) is 8.88. The molecule has 0 aliphatic rings. The molecular formula is C12H13NO. The lowest BCUT2D eigenvalue weighted by atomic mass is 10.0. The fourth-order valence-electron chi connectivity index (χ4n) is 1.78. The van der Waals surface area contributed by atoms with Crippen molar-refractivity contribution in [3.05, 3.63) is 35.4 Å². The molecule has 0 fully saturated rings. The van der Waals surface area contributed by atoms with E-state index in [0.717, 1.165) is 27.6 Å². The summed E-state index contributed by atoms with van der Waals surface area (Å²) in [7, 11) is 0. The first-order valence-corrected chi connectivity index (χ1v) is 4.58. The topological polar surface area (TPSA) is 46.2 Å². The molecule has 0 aliphatic heterocycles. The minimum atomic E-state index is 0.310. The normalized spacial score (nSPS) is 10.7. The summed E-state index contributed by atoms with van der Waals surface area (Å²) < 4.78 is 0. The van der Waals surface area contributed by atoms with Crippen LogP contribution in [0.4, 0.5) is 5.69 Å². The second kappa shape index (κ2) is 2.91. The third-order valence-electron chi connectivity index (χ3n) is 2.54. The van der Waals surface area contributed by atoms with Crippen LogP contribution in [0.3, 0.4) is 0 Å². The second-order valence-electron chi connectivity index (χ2n) is 3.66. The van der Waals surface area contributed by atoms with E-state index in [1.54, 1.807) is 6.07 Å². The SMILES string of the molecule is Cc1cc(O)c2c(C)c(N)ccc2c1. The predicted octanol–water partition coefficient (Wildman–Crippen LogP) is 2.74. The molecule has 0 saturated heterocycles. The highest BCUT2D eigenvalue weighted by Crippen LogP contribution is 2.31. The zero-order valence-electron chi connectivity index (χ0n) is 8.33. The number of nitrogens with two attached hydrogens (primary N) is 1. The van der Waals surface area contributed by atoms with Crippen LogP contribution in [0.15, 0.2) is 24.3 Å². The Labute approximate surface area is 83.0 Å². The Hall–Kier alpha value is -1.70. The standard InChI is InChI=1S/C12H13NO/c1-7-5-9-3-4-10(13)8(2)12(9)11(14)6-7/h3-6,14H,13H2,1-2H3. The Balaban J connectivity index is 2.95. The largest absolute Gasteiger partial charge is 0.507 e. The smallest absolute Gasteiger partial charge is 0.124 e. The molecule has 0 radical (unpaired) electrons. The molecule has 72 valence electrons. The van der Waals surface area contributed by atoms with Gasteiger partial charge in [0.1, 0.15) is 5.75 Å². The fraction of sp³-hybridized carbons (Fsp3) is 0.167. The van der Waals surface area contributed by atoms with Crippen molar-refractivity contribution in [3.63, 3.8) is 0 Å². The van der Waals surface area contributed by atoms with Crippen molar-refractivity contribution in [2.75, 3.05) is 5.73 Å². The van der Waals surface area contributed by atoms with Crippen LogP contribution in [-0.4, -0.2) is 5.11 Å². The highest BCUT2D eigenvalue weighted by atomic mass is 16.3. The number of fused-ring (bicyclic) bond motifs is 1. The van der Waals surface area contributed by atoms with E-state index in [1.807, 2.05) is 32.0 Å². The Bertz CT molecular complexity index is 503. The van der Waals surface area contributed by atoms with Crippen LogP contribution in [0.25, 0.3) is 10.8 Å². The number of aryl methyl sites for hydroxylation is 2. The van der Waals surface area contributed by atoms with E-state index >= 15 is 0 Å². The van der Waals surface area contributed by atoms with E-state index in [0.29, 0.717) is 5.75 Å². The first-order valence-electron chi connectivity index (χ1n) is 4.58. The van der Waals surface area contributed by atoms with Gasteiger partial charge in [0, 0.05) is 11.1 Å². The maximum absolute atomic E-state index is 9.80. The molecule has 0 spiro atoms. The number of hydrogen-bond donors (Lipinski definition) is 2. The molecule has 0 bridgehead atoms. The van der Waals surface area contributed by atoms with Crippen LogP contribution < -0.4 is 5.73 Å². The van der Waals surface area contributed by atoms with Crippen molar-refractivity contribution >= 4 is 16.5 Å². The van der Waals surface area contributed by atoms with Gasteiger partial charge in [0.05, 0.1) is 0 Å². The van der Waals surface area contributed by atoms with Crippen molar-refractivity contribution in [3.8, 4) is 5.75 Å². The van der Waals surface area contributed by atoms with Crippen molar-refractivity contribution in [1.29, 1.82) is 0 Å². The van der Waals surface area contributed by atoms with Gasteiger partial charge in [-0.3, -0.25) is 0 Å².